The van der Waals surface area contributed by atoms with Gasteiger partial charge in [0.15, 0.2) is 0 Å². The Labute approximate surface area is 221 Å². The molecule has 0 spiro atoms. The van der Waals surface area contributed by atoms with Gasteiger partial charge in [0.05, 0.1) is 4.70 Å². The fourth-order valence-electron chi connectivity index (χ4n) is 5.11. The van der Waals surface area contributed by atoms with Crippen molar-refractivity contribution in [2.45, 2.75) is 0 Å². The third-order valence-electron chi connectivity index (χ3n) is 7.37. The molecule has 188 valence electrons. The molecule has 0 unspecified atom stereocenters. The lowest BCUT2D eigenvalue weighted by atomic mass is 10.2. The lowest BCUT2D eigenvalue weighted by molar-refractivity contribution is 0.0951. The van der Waals surface area contributed by atoms with Crippen LogP contribution in [0, 0.1) is 11.8 Å². The van der Waals surface area contributed by atoms with Crippen LogP contribution < -0.4 is 15.0 Å². The van der Waals surface area contributed by atoms with Crippen LogP contribution in [-0.4, -0.2) is 54.4 Å². The summed E-state index contributed by atoms with van der Waals surface area (Å²) in [6.07, 6.45) is 0. The van der Waals surface area contributed by atoms with Gasteiger partial charge in [-0.3, -0.25) is 9.69 Å². The summed E-state index contributed by atoms with van der Waals surface area (Å²) in [5.74, 6) is 3.22. The number of anilines is 1. The van der Waals surface area contributed by atoms with Crippen LogP contribution in [0.3, 0.4) is 0 Å². The molecule has 6 rings (SSSR count). The van der Waals surface area contributed by atoms with Gasteiger partial charge in [-0.05, 0) is 54.0 Å². The van der Waals surface area contributed by atoms with Crippen LogP contribution >= 0.6 is 11.5 Å². The number of hydrogen-bond donors (Lipinski definition) is 1. The SMILES string of the molecule is C=C1[C@H](CNC(=O)c2cccc(Oc3ccccc3)c2)[C@H]1CN1CCN(c2nsc3ccccc23)CC1. The monoisotopic (exact) mass is 510 g/mol. The molecule has 0 radical (unpaired) electrons. The molecule has 1 saturated carbocycles. The molecule has 1 aromatic heterocycles. The first-order chi connectivity index (χ1) is 18.2. The number of carbonyl (C=O) groups is 1. The Morgan fingerprint density at radius 2 is 1.70 bits per heavy atom. The van der Waals surface area contributed by atoms with Crippen molar-refractivity contribution >= 4 is 33.3 Å². The molecule has 1 aliphatic carbocycles. The summed E-state index contributed by atoms with van der Waals surface area (Å²) < 4.78 is 11.8. The number of benzene rings is 3. The van der Waals surface area contributed by atoms with E-state index in [0.29, 0.717) is 29.7 Å². The summed E-state index contributed by atoms with van der Waals surface area (Å²) in [5.41, 5.74) is 1.84. The molecule has 6 nitrogen and oxygen atoms in total. The Morgan fingerprint density at radius 1 is 0.946 bits per heavy atom. The van der Waals surface area contributed by atoms with E-state index in [4.69, 9.17) is 9.11 Å². The van der Waals surface area contributed by atoms with E-state index in [1.54, 1.807) is 17.6 Å². The second-order valence-corrected chi connectivity index (χ2v) is 10.5. The van der Waals surface area contributed by atoms with E-state index in [1.807, 2.05) is 48.5 Å². The van der Waals surface area contributed by atoms with Gasteiger partial charge in [0.25, 0.3) is 5.91 Å². The zero-order valence-corrected chi connectivity index (χ0v) is 21.5. The van der Waals surface area contributed by atoms with Crippen molar-refractivity contribution in [3.63, 3.8) is 0 Å². The first kappa shape index (κ1) is 23.7. The molecule has 1 amide bonds. The average molecular weight is 511 g/mol. The highest BCUT2D eigenvalue weighted by Crippen LogP contribution is 2.44. The Kier molecular flexibility index (Phi) is 6.64. The summed E-state index contributed by atoms with van der Waals surface area (Å²) in [6.45, 7) is 9.90. The third-order valence-corrected chi connectivity index (χ3v) is 8.19. The van der Waals surface area contributed by atoms with Gasteiger partial charge in [0.1, 0.15) is 17.3 Å². The van der Waals surface area contributed by atoms with E-state index in [-0.39, 0.29) is 5.91 Å². The second-order valence-electron chi connectivity index (χ2n) is 9.73. The largest absolute Gasteiger partial charge is 0.457 e. The summed E-state index contributed by atoms with van der Waals surface area (Å²) in [6, 6.07) is 25.4. The minimum Gasteiger partial charge on any atom is -0.457 e. The van der Waals surface area contributed by atoms with Crippen LogP contribution in [0.1, 0.15) is 10.4 Å². The number of fused-ring (bicyclic) bond motifs is 1. The molecule has 2 aliphatic rings. The quantitative estimate of drug-likeness (QED) is 0.320. The zero-order chi connectivity index (χ0) is 25.2. The van der Waals surface area contributed by atoms with Gasteiger partial charge >= 0.3 is 0 Å². The fourth-order valence-corrected chi connectivity index (χ4v) is 5.91. The minimum atomic E-state index is -0.0823. The molecule has 4 aromatic rings. The summed E-state index contributed by atoms with van der Waals surface area (Å²) in [5, 5.41) is 4.36. The molecule has 1 saturated heterocycles. The van der Waals surface area contributed by atoms with Crippen LogP contribution in [0.25, 0.3) is 10.1 Å². The second kappa shape index (κ2) is 10.4. The van der Waals surface area contributed by atoms with Crippen molar-refractivity contribution in [2.75, 3.05) is 44.2 Å². The van der Waals surface area contributed by atoms with Crippen molar-refractivity contribution in [1.82, 2.24) is 14.6 Å². The zero-order valence-electron chi connectivity index (χ0n) is 20.7. The molecule has 7 heteroatoms. The third kappa shape index (κ3) is 5.24. The number of aromatic nitrogens is 1. The smallest absolute Gasteiger partial charge is 0.251 e. The standard InChI is InChI=1S/C30H30N4O2S/c1-21-26(19-31-30(35)22-8-7-11-24(18-22)36-23-9-3-2-4-10-23)27(21)20-33-14-16-34(17-15-33)29-25-12-5-6-13-28(25)37-32-29/h2-13,18,26-27H,1,14-17,19-20H2,(H,31,35)/t26-,27-/m0/s1. The van der Waals surface area contributed by atoms with Crippen molar-refractivity contribution in [1.29, 1.82) is 0 Å². The lowest BCUT2D eigenvalue weighted by Crippen LogP contribution is -2.47. The number of amides is 1. The molecule has 3 aromatic carbocycles. The molecule has 0 bridgehead atoms. The van der Waals surface area contributed by atoms with E-state index in [0.717, 1.165) is 44.3 Å². The minimum absolute atomic E-state index is 0.0823. The summed E-state index contributed by atoms with van der Waals surface area (Å²) in [7, 11) is 0. The molecule has 2 heterocycles. The Morgan fingerprint density at radius 3 is 2.54 bits per heavy atom. The summed E-state index contributed by atoms with van der Waals surface area (Å²) >= 11 is 1.58. The first-order valence-corrected chi connectivity index (χ1v) is 13.5. The number of carbonyl (C=O) groups excluding carboxylic acids is 1. The molecule has 2 atom stereocenters. The average Bonchev–Trinajstić information content (AvgIpc) is 3.33. The number of piperazine rings is 1. The molecular formula is C30H30N4O2S. The highest BCUT2D eigenvalue weighted by atomic mass is 32.1. The van der Waals surface area contributed by atoms with Gasteiger partial charge in [-0.25, -0.2) is 0 Å². The van der Waals surface area contributed by atoms with Crippen molar-refractivity contribution < 1.29 is 9.53 Å². The van der Waals surface area contributed by atoms with E-state index in [9.17, 15) is 4.79 Å². The number of nitrogens with zero attached hydrogens (tertiary/aromatic N) is 3. The Hall–Kier alpha value is -3.68. The van der Waals surface area contributed by atoms with E-state index in [1.165, 1.54) is 15.7 Å². The van der Waals surface area contributed by atoms with Gasteiger partial charge in [0.2, 0.25) is 0 Å². The Bertz CT molecular complexity index is 1410. The highest BCUT2D eigenvalue weighted by Gasteiger charge is 2.43. The maximum atomic E-state index is 12.8. The Balaban J connectivity index is 0.975. The normalized spacial score (nSPS) is 19.7. The van der Waals surface area contributed by atoms with Crippen molar-refractivity contribution in [2.24, 2.45) is 11.8 Å². The van der Waals surface area contributed by atoms with Crippen LogP contribution in [-0.2, 0) is 0 Å². The van der Waals surface area contributed by atoms with Crippen LogP contribution in [0.15, 0.2) is 91.0 Å². The molecule has 2 fully saturated rings. The van der Waals surface area contributed by atoms with Crippen LogP contribution in [0.2, 0.25) is 0 Å². The summed E-state index contributed by atoms with van der Waals surface area (Å²) in [4.78, 5) is 17.7. The maximum absolute atomic E-state index is 12.8. The highest BCUT2D eigenvalue weighted by molar-refractivity contribution is 7.13. The lowest BCUT2D eigenvalue weighted by Gasteiger charge is -2.35. The van der Waals surface area contributed by atoms with Crippen molar-refractivity contribution in [3.8, 4) is 11.5 Å². The van der Waals surface area contributed by atoms with Gasteiger partial charge < -0.3 is 15.0 Å². The number of para-hydroxylation sites is 1. The maximum Gasteiger partial charge on any atom is 0.251 e. The first-order valence-electron chi connectivity index (χ1n) is 12.8. The molecule has 1 N–H and O–H groups in total. The number of rotatable bonds is 8. The topological polar surface area (TPSA) is 57.7 Å². The van der Waals surface area contributed by atoms with E-state index >= 15 is 0 Å². The predicted molar refractivity (Wildman–Crippen MR) is 150 cm³/mol. The van der Waals surface area contributed by atoms with Gasteiger partial charge in [-0.2, -0.15) is 4.37 Å². The van der Waals surface area contributed by atoms with E-state index < -0.39 is 0 Å². The number of hydrogen-bond acceptors (Lipinski definition) is 6. The predicted octanol–water partition coefficient (Wildman–Crippen LogP) is 5.44. The van der Waals surface area contributed by atoms with Crippen molar-refractivity contribution in [3.05, 3.63) is 96.6 Å². The molecule has 1 aliphatic heterocycles. The van der Waals surface area contributed by atoms with Crippen LogP contribution in [0.4, 0.5) is 5.82 Å². The van der Waals surface area contributed by atoms with Gasteiger partial charge in [-0.1, -0.05) is 48.6 Å². The van der Waals surface area contributed by atoms with Crippen LogP contribution in [0.5, 0.6) is 11.5 Å². The number of nitrogens with one attached hydrogen (secondary N) is 1. The van der Waals surface area contributed by atoms with E-state index in [2.05, 4.69) is 46.0 Å². The number of ether oxygens (including phenoxy) is 1. The molecular weight excluding hydrogens is 480 g/mol. The molecule has 37 heavy (non-hydrogen) atoms. The van der Waals surface area contributed by atoms with Gasteiger partial charge in [-0.15, -0.1) is 0 Å². The fraction of sp³-hybridized carbons (Fsp3) is 0.267. The van der Waals surface area contributed by atoms with Gasteiger partial charge in [0, 0.05) is 62.1 Å².